The lowest BCUT2D eigenvalue weighted by atomic mass is 10.2. The number of nitrogens with zero attached hydrogens (tertiary/aromatic N) is 2. The summed E-state index contributed by atoms with van der Waals surface area (Å²) in [7, 11) is 0. The highest BCUT2D eigenvalue weighted by Crippen LogP contribution is 2.40. The highest BCUT2D eigenvalue weighted by atomic mass is 32.1. The number of hydrazine groups is 1. The summed E-state index contributed by atoms with van der Waals surface area (Å²) in [5.41, 5.74) is 4.46. The van der Waals surface area contributed by atoms with Gasteiger partial charge in [0.1, 0.15) is 0 Å². The van der Waals surface area contributed by atoms with Crippen LogP contribution in [0.2, 0.25) is 0 Å². The first-order valence-corrected chi connectivity index (χ1v) is 6.83. The fourth-order valence-corrected chi connectivity index (χ4v) is 2.57. The number of pyridine rings is 1. The predicted octanol–water partition coefficient (Wildman–Crippen LogP) is 1.95. The normalized spacial score (nSPS) is 14.2. The van der Waals surface area contributed by atoms with Gasteiger partial charge in [-0.05, 0) is 18.9 Å². The molecule has 2 aromatic rings. The number of hydrogen-bond acceptors (Lipinski definition) is 6. The van der Waals surface area contributed by atoms with E-state index in [0.717, 1.165) is 5.69 Å². The molecular formula is C12H13N5OS. The Morgan fingerprint density at radius 2 is 2.32 bits per heavy atom. The molecule has 7 heteroatoms. The second-order valence-electron chi connectivity index (χ2n) is 4.37. The van der Waals surface area contributed by atoms with Crippen molar-refractivity contribution in [2.45, 2.75) is 18.8 Å². The first-order chi connectivity index (χ1) is 9.28. The van der Waals surface area contributed by atoms with Crippen LogP contribution in [0.3, 0.4) is 0 Å². The average molecular weight is 275 g/mol. The van der Waals surface area contributed by atoms with Gasteiger partial charge < -0.3 is 5.43 Å². The molecule has 6 nitrogen and oxygen atoms in total. The van der Waals surface area contributed by atoms with Crippen LogP contribution < -0.4 is 16.6 Å². The largest absolute Gasteiger partial charge is 0.322 e. The molecule has 2 heterocycles. The van der Waals surface area contributed by atoms with Gasteiger partial charge in [-0.25, -0.2) is 4.98 Å². The lowest BCUT2D eigenvalue weighted by Crippen LogP contribution is -2.17. The molecule has 0 aliphatic heterocycles. The van der Waals surface area contributed by atoms with Crippen molar-refractivity contribution in [3.05, 3.63) is 35.1 Å². The number of rotatable bonds is 4. The Balaban J connectivity index is 1.76. The summed E-state index contributed by atoms with van der Waals surface area (Å²) in [5, 5.41) is 5.40. The van der Waals surface area contributed by atoms with E-state index in [0.29, 0.717) is 22.3 Å². The van der Waals surface area contributed by atoms with E-state index in [1.807, 2.05) is 5.38 Å². The van der Waals surface area contributed by atoms with Crippen LogP contribution >= 0.6 is 11.3 Å². The fraction of sp³-hybridized carbons (Fsp3) is 0.250. The van der Waals surface area contributed by atoms with Crippen molar-refractivity contribution in [3.8, 4) is 0 Å². The summed E-state index contributed by atoms with van der Waals surface area (Å²) in [6, 6.07) is 1.61. The number of nitrogens with one attached hydrogen (secondary N) is 2. The zero-order chi connectivity index (χ0) is 13.2. The first-order valence-electron chi connectivity index (χ1n) is 5.95. The van der Waals surface area contributed by atoms with E-state index < -0.39 is 0 Å². The summed E-state index contributed by atoms with van der Waals surface area (Å²) in [6.07, 6.45) is 5.45. The first kappa shape index (κ1) is 12.1. The average Bonchev–Trinajstić information content (AvgIpc) is 3.19. The summed E-state index contributed by atoms with van der Waals surface area (Å²) in [4.78, 5) is 20.4. The predicted molar refractivity (Wildman–Crippen MR) is 74.1 cm³/mol. The molecule has 1 aliphatic carbocycles. The molecule has 19 heavy (non-hydrogen) atoms. The number of aromatic nitrogens is 2. The van der Waals surface area contributed by atoms with E-state index in [1.54, 1.807) is 12.3 Å². The van der Waals surface area contributed by atoms with Crippen LogP contribution in [0.5, 0.6) is 0 Å². The van der Waals surface area contributed by atoms with Crippen molar-refractivity contribution >= 4 is 28.1 Å². The van der Waals surface area contributed by atoms with E-state index in [1.165, 1.54) is 30.4 Å². The third kappa shape index (κ3) is 2.56. The molecule has 1 saturated carbocycles. The van der Waals surface area contributed by atoms with Gasteiger partial charge in [-0.2, -0.15) is 0 Å². The van der Waals surface area contributed by atoms with Gasteiger partial charge in [0, 0.05) is 17.5 Å². The maximum atomic E-state index is 12.1. The molecule has 1 fully saturated rings. The van der Waals surface area contributed by atoms with Crippen molar-refractivity contribution in [1.82, 2.24) is 9.97 Å². The number of carbonyl (C=O) groups excluding carboxylic acids is 1. The Morgan fingerprint density at radius 1 is 1.47 bits per heavy atom. The van der Waals surface area contributed by atoms with Crippen LogP contribution in [0.25, 0.3) is 0 Å². The van der Waals surface area contributed by atoms with Gasteiger partial charge in [0.2, 0.25) is 0 Å². The van der Waals surface area contributed by atoms with Crippen molar-refractivity contribution in [2.24, 2.45) is 5.84 Å². The standard InChI is InChI=1S/C12H13N5OS/c13-17-9-5-14-4-3-8(9)11(18)16-12-15-10(6-19-12)7-1-2-7/h3-7,17H,1-2,13H2,(H,15,16,18). The summed E-state index contributed by atoms with van der Waals surface area (Å²) in [6.45, 7) is 0. The van der Waals surface area contributed by atoms with Crippen LogP contribution in [0.1, 0.15) is 34.8 Å². The van der Waals surface area contributed by atoms with Crippen LogP contribution in [-0.4, -0.2) is 15.9 Å². The molecule has 2 aromatic heterocycles. The van der Waals surface area contributed by atoms with Crippen LogP contribution in [0.4, 0.5) is 10.8 Å². The quantitative estimate of drug-likeness (QED) is 0.586. The summed E-state index contributed by atoms with van der Waals surface area (Å²) in [5.74, 6) is 5.69. The maximum absolute atomic E-state index is 12.1. The van der Waals surface area contributed by atoms with Gasteiger partial charge in [-0.15, -0.1) is 11.3 Å². The highest BCUT2D eigenvalue weighted by Gasteiger charge is 2.26. The van der Waals surface area contributed by atoms with Gasteiger partial charge in [-0.1, -0.05) is 0 Å². The number of thiazole rings is 1. The minimum atomic E-state index is -0.243. The molecule has 4 N–H and O–H groups in total. The van der Waals surface area contributed by atoms with Gasteiger partial charge >= 0.3 is 0 Å². The Hall–Kier alpha value is -1.99. The number of anilines is 2. The smallest absolute Gasteiger partial charge is 0.259 e. The second kappa shape index (κ2) is 4.94. The molecule has 0 aromatic carbocycles. The van der Waals surface area contributed by atoms with Crippen molar-refractivity contribution < 1.29 is 4.79 Å². The summed E-state index contributed by atoms with van der Waals surface area (Å²) < 4.78 is 0. The molecular weight excluding hydrogens is 262 g/mol. The molecule has 1 aliphatic rings. The van der Waals surface area contributed by atoms with Gasteiger partial charge in [0.25, 0.3) is 5.91 Å². The van der Waals surface area contributed by atoms with E-state index in [9.17, 15) is 4.79 Å². The SMILES string of the molecule is NNc1cnccc1C(=O)Nc1nc(C2CC2)cs1. The van der Waals surface area contributed by atoms with Crippen molar-refractivity contribution in [1.29, 1.82) is 0 Å². The van der Waals surface area contributed by atoms with E-state index >= 15 is 0 Å². The molecule has 0 atom stereocenters. The van der Waals surface area contributed by atoms with Crippen LogP contribution in [0.15, 0.2) is 23.8 Å². The monoisotopic (exact) mass is 275 g/mol. The molecule has 1 amide bonds. The molecule has 0 spiro atoms. The Labute approximate surface area is 114 Å². The highest BCUT2D eigenvalue weighted by molar-refractivity contribution is 7.14. The Kier molecular flexibility index (Phi) is 3.14. The zero-order valence-electron chi connectivity index (χ0n) is 10.1. The second-order valence-corrected chi connectivity index (χ2v) is 5.23. The third-order valence-corrected chi connectivity index (χ3v) is 3.74. The molecule has 0 radical (unpaired) electrons. The maximum Gasteiger partial charge on any atom is 0.259 e. The minimum Gasteiger partial charge on any atom is -0.322 e. The Morgan fingerprint density at radius 3 is 3.05 bits per heavy atom. The molecule has 0 bridgehead atoms. The topological polar surface area (TPSA) is 92.9 Å². The molecule has 0 saturated heterocycles. The number of nitrogens with two attached hydrogens (primary N) is 1. The van der Waals surface area contributed by atoms with Gasteiger partial charge in [-0.3, -0.25) is 20.9 Å². The molecule has 0 unspecified atom stereocenters. The molecule has 3 rings (SSSR count). The van der Waals surface area contributed by atoms with E-state index in [2.05, 4.69) is 20.7 Å². The van der Waals surface area contributed by atoms with Gasteiger partial charge in [0.05, 0.1) is 23.1 Å². The van der Waals surface area contributed by atoms with Crippen molar-refractivity contribution in [2.75, 3.05) is 10.7 Å². The minimum absolute atomic E-state index is 0.243. The third-order valence-electron chi connectivity index (χ3n) is 2.96. The molecule has 98 valence electrons. The fourth-order valence-electron chi connectivity index (χ4n) is 1.78. The number of hydrogen-bond donors (Lipinski definition) is 3. The lowest BCUT2D eigenvalue weighted by Gasteiger charge is -2.06. The number of carbonyl (C=O) groups is 1. The van der Waals surface area contributed by atoms with E-state index in [4.69, 9.17) is 5.84 Å². The van der Waals surface area contributed by atoms with Crippen molar-refractivity contribution in [3.63, 3.8) is 0 Å². The number of amides is 1. The zero-order valence-corrected chi connectivity index (χ0v) is 10.9. The number of nitrogen functional groups attached to an aromatic ring is 1. The lowest BCUT2D eigenvalue weighted by molar-refractivity contribution is 0.102. The Bertz CT molecular complexity index is 608. The van der Waals surface area contributed by atoms with Crippen LogP contribution in [0, 0.1) is 0 Å². The van der Waals surface area contributed by atoms with Crippen LogP contribution in [-0.2, 0) is 0 Å². The summed E-state index contributed by atoms with van der Waals surface area (Å²) >= 11 is 1.44. The van der Waals surface area contributed by atoms with E-state index in [-0.39, 0.29) is 5.91 Å². The van der Waals surface area contributed by atoms with Gasteiger partial charge in [0.15, 0.2) is 5.13 Å².